The number of amides is 4. The second-order valence-electron chi connectivity index (χ2n) is 6.69. The molecule has 1 aliphatic heterocycles. The average molecular weight is 454 g/mol. The summed E-state index contributed by atoms with van der Waals surface area (Å²) < 4.78 is 0.744. The number of nitrogens with zero attached hydrogens (tertiary/aromatic N) is 3. The van der Waals surface area contributed by atoms with Crippen LogP contribution in [0.1, 0.15) is 44.4 Å². The number of nitrogens with one attached hydrogen (secondary N) is 2. The molecule has 1 saturated heterocycles. The van der Waals surface area contributed by atoms with Crippen molar-refractivity contribution in [3.05, 3.63) is 22.4 Å². The zero-order chi connectivity index (χ0) is 20.9. The molecule has 0 aromatic carbocycles. The number of rotatable bonds is 10. The highest BCUT2D eigenvalue weighted by Crippen LogP contribution is 2.30. The van der Waals surface area contributed by atoms with Crippen molar-refractivity contribution in [2.75, 3.05) is 11.9 Å². The van der Waals surface area contributed by atoms with Gasteiger partial charge in [0.2, 0.25) is 11.0 Å². The molecule has 3 heterocycles. The normalized spacial score (nSPS) is 15.6. The van der Waals surface area contributed by atoms with Gasteiger partial charge < -0.3 is 5.32 Å². The number of carbonyl (C=O) groups excluding carboxylic acids is 3. The van der Waals surface area contributed by atoms with Gasteiger partial charge in [-0.25, -0.2) is 4.79 Å². The van der Waals surface area contributed by atoms with Crippen LogP contribution in [0.25, 0.3) is 0 Å². The van der Waals surface area contributed by atoms with Crippen molar-refractivity contribution < 1.29 is 14.4 Å². The Morgan fingerprint density at radius 3 is 2.69 bits per heavy atom. The first-order valence-electron chi connectivity index (χ1n) is 9.40. The molecule has 8 nitrogen and oxygen atoms in total. The van der Waals surface area contributed by atoms with Crippen molar-refractivity contribution in [2.24, 2.45) is 0 Å². The van der Waals surface area contributed by atoms with Crippen molar-refractivity contribution in [2.45, 2.75) is 55.2 Å². The monoisotopic (exact) mass is 453 g/mol. The van der Waals surface area contributed by atoms with Crippen molar-refractivity contribution in [1.82, 2.24) is 20.4 Å². The molecule has 2 aromatic rings. The van der Waals surface area contributed by atoms with E-state index in [4.69, 9.17) is 0 Å². The second-order valence-corrected chi connectivity index (χ2v) is 9.93. The van der Waals surface area contributed by atoms with Gasteiger partial charge in [-0.15, -0.1) is 21.5 Å². The maximum Gasteiger partial charge on any atom is 0.325 e. The van der Waals surface area contributed by atoms with Gasteiger partial charge in [-0.2, -0.15) is 0 Å². The molecule has 2 N–H and O–H groups in total. The van der Waals surface area contributed by atoms with Crippen LogP contribution in [0.3, 0.4) is 0 Å². The van der Waals surface area contributed by atoms with E-state index in [9.17, 15) is 14.4 Å². The van der Waals surface area contributed by atoms with E-state index in [0.717, 1.165) is 27.8 Å². The minimum absolute atomic E-state index is 0.328. The van der Waals surface area contributed by atoms with Gasteiger partial charge in [0, 0.05) is 10.6 Å². The van der Waals surface area contributed by atoms with E-state index in [1.54, 1.807) is 23.1 Å². The summed E-state index contributed by atoms with van der Waals surface area (Å²) in [5.41, 5.74) is -0.894. The predicted molar refractivity (Wildman–Crippen MR) is 115 cm³/mol. The van der Waals surface area contributed by atoms with E-state index < -0.39 is 17.5 Å². The fourth-order valence-corrected chi connectivity index (χ4v) is 5.83. The highest BCUT2D eigenvalue weighted by Gasteiger charge is 2.50. The van der Waals surface area contributed by atoms with E-state index in [1.165, 1.54) is 16.2 Å². The lowest BCUT2D eigenvalue weighted by Gasteiger charge is -2.25. The molecular formula is C18H23N5O3S3. The molecule has 0 unspecified atom stereocenters. The van der Waals surface area contributed by atoms with Crippen molar-refractivity contribution in [3.8, 4) is 0 Å². The minimum atomic E-state index is -0.894. The number of urea groups is 1. The van der Waals surface area contributed by atoms with Crippen LogP contribution in [-0.4, -0.2) is 45.0 Å². The van der Waals surface area contributed by atoms with Crippen LogP contribution in [0, 0.1) is 0 Å². The van der Waals surface area contributed by atoms with Crippen molar-refractivity contribution >= 4 is 57.4 Å². The Morgan fingerprint density at radius 1 is 1.28 bits per heavy atom. The van der Waals surface area contributed by atoms with Gasteiger partial charge in [0.15, 0.2) is 4.34 Å². The van der Waals surface area contributed by atoms with Gasteiger partial charge in [-0.05, 0) is 24.3 Å². The second kappa shape index (κ2) is 9.68. The number of thioether (sulfide) groups is 1. The number of aromatic nitrogens is 2. The van der Waals surface area contributed by atoms with Gasteiger partial charge in [0.1, 0.15) is 12.1 Å². The molecule has 1 aliphatic rings. The molecule has 29 heavy (non-hydrogen) atoms. The Kier molecular flexibility index (Phi) is 7.25. The fraction of sp³-hybridized carbons (Fsp3) is 0.500. The molecule has 0 saturated carbocycles. The van der Waals surface area contributed by atoms with Crippen LogP contribution in [0.5, 0.6) is 0 Å². The molecule has 0 bridgehead atoms. The maximum absolute atomic E-state index is 12.8. The largest absolute Gasteiger partial charge is 0.325 e. The molecule has 0 spiro atoms. The molecule has 0 aliphatic carbocycles. The highest BCUT2D eigenvalue weighted by molar-refractivity contribution is 8.00. The third kappa shape index (κ3) is 5.14. The van der Waals surface area contributed by atoms with Crippen LogP contribution in [0.4, 0.5) is 9.93 Å². The van der Waals surface area contributed by atoms with Crippen LogP contribution >= 0.6 is 34.4 Å². The van der Waals surface area contributed by atoms with E-state index in [2.05, 4.69) is 26.9 Å². The van der Waals surface area contributed by atoms with Gasteiger partial charge >= 0.3 is 6.03 Å². The predicted octanol–water partition coefficient (Wildman–Crippen LogP) is 3.72. The number of hydrogen-bond acceptors (Lipinski definition) is 8. The number of thiophene rings is 1. The SMILES string of the molecule is CCCC1(CCC)NC(=O)N(CC(=O)Nc2nnc(SCc3cccs3)s2)C1=O. The van der Waals surface area contributed by atoms with E-state index in [1.807, 2.05) is 25.3 Å². The van der Waals surface area contributed by atoms with E-state index in [-0.39, 0.29) is 12.5 Å². The van der Waals surface area contributed by atoms with E-state index in [0.29, 0.717) is 18.0 Å². The average Bonchev–Trinajstić information content (AvgIpc) is 3.39. The summed E-state index contributed by atoms with van der Waals surface area (Å²) in [5.74, 6) is -0.00586. The highest BCUT2D eigenvalue weighted by atomic mass is 32.2. The number of imide groups is 1. The zero-order valence-corrected chi connectivity index (χ0v) is 18.7. The van der Waals surface area contributed by atoms with Crippen LogP contribution in [0.2, 0.25) is 0 Å². The molecule has 2 aromatic heterocycles. The van der Waals surface area contributed by atoms with Gasteiger partial charge in [-0.3, -0.25) is 19.8 Å². The smallest absolute Gasteiger partial charge is 0.323 e. The lowest BCUT2D eigenvalue weighted by atomic mass is 9.88. The summed E-state index contributed by atoms with van der Waals surface area (Å²) in [4.78, 5) is 39.8. The van der Waals surface area contributed by atoms with E-state index >= 15 is 0 Å². The van der Waals surface area contributed by atoms with Gasteiger partial charge in [-0.1, -0.05) is 55.9 Å². The molecular weight excluding hydrogens is 430 g/mol. The first-order valence-corrected chi connectivity index (χ1v) is 12.1. The topological polar surface area (TPSA) is 104 Å². The Hall–Kier alpha value is -1.98. The fourth-order valence-electron chi connectivity index (χ4n) is 3.29. The summed E-state index contributed by atoms with van der Waals surface area (Å²) in [6, 6.07) is 3.53. The summed E-state index contributed by atoms with van der Waals surface area (Å²) in [6.07, 6.45) is 2.65. The summed E-state index contributed by atoms with van der Waals surface area (Å²) in [7, 11) is 0. The Bertz CT molecular complexity index is 862. The first-order chi connectivity index (χ1) is 14.0. The lowest BCUT2D eigenvalue weighted by Crippen LogP contribution is -2.47. The molecule has 1 fully saturated rings. The maximum atomic E-state index is 12.8. The third-order valence-electron chi connectivity index (χ3n) is 4.47. The Labute approximate surface area is 181 Å². The summed E-state index contributed by atoms with van der Waals surface area (Å²) in [5, 5.41) is 15.8. The standard InChI is InChI=1S/C18H23N5O3S3/c1-3-7-18(8-4-2)14(25)23(16(26)20-18)10-13(24)19-15-21-22-17(29-15)28-11-12-6-5-9-27-12/h5-6,9H,3-4,7-8,10-11H2,1-2H3,(H,20,26)(H,19,21,24). The first kappa shape index (κ1) is 21.7. The molecule has 0 radical (unpaired) electrons. The van der Waals surface area contributed by atoms with Crippen LogP contribution in [0.15, 0.2) is 21.9 Å². The van der Waals surface area contributed by atoms with Crippen molar-refractivity contribution in [3.63, 3.8) is 0 Å². The zero-order valence-electron chi connectivity index (χ0n) is 16.3. The molecule has 156 valence electrons. The van der Waals surface area contributed by atoms with Gasteiger partial charge in [0.05, 0.1) is 0 Å². The van der Waals surface area contributed by atoms with Gasteiger partial charge in [0.25, 0.3) is 5.91 Å². The lowest BCUT2D eigenvalue weighted by molar-refractivity contribution is -0.134. The number of carbonyl (C=O) groups is 3. The summed E-state index contributed by atoms with van der Waals surface area (Å²) in [6.45, 7) is 3.60. The quantitative estimate of drug-likeness (QED) is 0.323. The molecule has 3 rings (SSSR count). The molecule has 0 atom stereocenters. The minimum Gasteiger partial charge on any atom is -0.323 e. The molecule has 4 amide bonds. The van der Waals surface area contributed by atoms with Crippen LogP contribution < -0.4 is 10.6 Å². The Balaban J connectivity index is 1.56. The van der Waals surface area contributed by atoms with Crippen molar-refractivity contribution in [1.29, 1.82) is 0 Å². The summed E-state index contributed by atoms with van der Waals surface area (Å²) >= 11 is 4.49. The third-order valence-corrected chi connectivity index (χ3v) is 7.55. The number of anilines is 1. The number of hydrogen-bond donors (Lipinski definition) is 2. The van der Waals surface area contributed by atoms with Crippen LogP contribution in [-0.2, 0) is 15.3 Å². The molecule has 11 heteroatoms. The Morgan fingerprint density at radius 2 is 2.03 bits per heavy atom.